The summed E-state index contributed by atoms with van der Waals surface area (Å²) >= 11 is 0. The minimum absolute atomic E-state index is 1.02. The maximum Gasteiger partial charge on any atom is -0.0386 e. The van der Waals surface area contributed by atoms with Crippen molar-refractivity contribution in [2.24, 2.45) is 35.5 Å². The Morgan fingerprint density at radius 2 is 0.960 bits per heavy atom. The van der Waals surface area contributed by atoms with E-state index in [1.54, 1.807) is 70.6 Å². The summed E-state index contributed by atoms with van der Waals surface area (Å²) in [4.78, 5) is 0. The summed E-state index contributed by atoms with van der Waals surface area (Å²) in [6.07, 6.45) is 26.2. The molecule has 0 heteroatoms. The summed E-state index contributed by atoms with van der Waals surface area (Å²) < 4.78 is 0. The second kappa shape index (κ2) is 10.4. The van der Waals surface area contributed by atoms with Crippen molar-refractivity contribution in [3.05, 3.63) is 0 Å². The molecule has 0 nitrogen and oxygen atoms in total. The fraction of sp³-hybridized carbons (Fsp3) is 1.00. The molecular weight excluding hydrogens is 300 g/mol. The molecule has 0 radical (unpaired) electrons. The molecule has 0 heterocycles. The van der Waals surface area contributed by atoms with E-state index < -0.39 is 0 Å². The molecule has 0 N–H and O–H groups in total. The molecule has 25 heavy (non-hydrogen) atoms. The zero-order chi connectivity index (χ0) is 17.5. The maximum atomic E-state index is 2.47. The first-order valence-corrected chi connectivity index (χ1v) is 12.3. The van der Waals surface area contributed by atoms with E-state index in [4.69, 9.17) is 0 Å². The highest BCUT2D eigenvalue weighted by Gasteiger charge is 2.34. The topological polar surface area (TPSA) is 0 Å². The van der Waals surface area contributed by atoms with E-state index in [1.807, 2.05) is 0 Å². The van der Waals surface area contributed by atoms with Crippen molar-refractivity contribution < 1.29 is 0 Å². The Balaban J connectivity index is 1.31. The van der Waals surface area contributed by atoms with E-state index in [1.165, 1.54) is 38.5 Å². The van der Waals surface area contributed by atoms with Gasteiger partial charge in [-0.15, -0.1) is 0 Å². The third kappa shape index (κ3) is 6.00. The zero-order valence-corrected chi connectivity index (χ0v) is 17.5. The highest BCUT2D eigenvalue weighted by Crippen LogP contribution is 2.46. The van der Waals surface area contributed by atoms with Crippen LogP contribution in [-0.2, 0) is 0 Å². The normalized spacial score (nSPS) is 40.1. The van der Waals surface area contributed by atoms with Crippen molar-refractivity contribution in [2.75, 3.05) is 0 Å². The molecule has 3 rings (SSSR count). The van der Waals surface area contributed by atoms with Gasteiger partial charge in [0.1, 0.15) is 0 Å². The summed E-state index contributed by atoms with van der Waals surface area (Å²) in [6.45, 7) is 4.79. The first-order chi connectivity index (χ1) is 12.3. The largest absolute Gasteiger partial charge is 0.0654 e. The van der Waals surface area contributed by atoms with Gasteiger partial charge in [-0.3, -0.25) is 0 Å². The Bertz CT molecular complexity index is 335. The molecule has 0 aliphatic heterocycles. The van der Waals surface area contributed by atoms with Gasteiger partial charge in [-0.1, -0.05) is 71.6 Å². The minimum Gasteiger partial charge on any atom is -0.0654 e. The monoisotopic (exact) mass is 346 g/mol. The second-order valence-electron chi connectivity index (χ2n) is 10.3. The van der Waals surface area contributed by atoms with Crippen LogP contribution in [0, 0.1) is 35.5 Å². The molecule has 3 saturated carbocycles. The van der Waals surface area contributed by atoms with Gasteiger partial charge in [-0.25, -0.2) is 0 Å². The van der Waals surface area contributed by atoms with Crippen LogP contribution in [-0.4, -0.2) is 0 Å². The molecule has 0 saturated heterocycles. The first kappa shape index (κ1) is 19.8. The maximum absolute atomic E-state index is 2.47. The molecule has 3 fully saturated rings. The minimum atomic E-state index is 1.02. The van der Waals surface area contributed by atoms with Crippen LogP contribution in [0.2, 0.25) is 0 Å². The van der Waals surface area contributed by atoms with Crippen molar-refractivity contribution in [1.29, 1.82) is 0 Å². The molecule has 146 valence electrons. The van der Waals surface area contributed by atoms with Crippen LogP contribution in [0.4, 0.5) is 0 Å². The van der Waals surface area contributed by atoms with Crippen molar-refractivity contribution in [3.63, 3.8) is 0 Å². The van der Waals surface area contributed by atoms with E-state index in [-0.39, 0.29) is 0 Å². The second-order valence-corrected chi connectivity index (χ2v) is 10.3. The fourth-order valence-electron chi connectivity index (χ4n) is 6.65. The Kier molecular flexibility index (Phi) is 8.19. The van der Waals surface area contributed by atoms with Crippen molar-refractivity contribution >= 4 is 0 Å². The number of unbranched alkanes of at least 4 members (excludes halogenated alkanes) is 3. The third-order valence-corrected chi connectivity index (χ3v) is 8.57. The van der Waals surface area contributed by atoms with Gasteiger partial charge in [0.15, 0.2) is 0 Å². The lowest BCUT2D eigenvalue weighted by molar-refractivity contribution is 0.105. The molecule has 0 spiro atoms. The van der Waals surface area contributed by atoms with Crippen molar-refractivity contribution in [2.45, 2.75) is 123 Å². The molecule has 0 aromatic carbocycles. The Labute approximate surface area is 158 Å². The third-order valence-electron chi connectivity index (χ3n) is 8.57. The summed E-state index contributed by atoms with van der Waals surface area (Å²) in [7, 11) is 0. The van der Waals surface area contributed by atoms with Crippen molar-refractivity contribution in [1.82, 2.24) is 0 Å². The number of hydrogen-bond donors (Lipinski definition) is 0. The van der Waals surface area contributed by atoms with Gasteiger partial charge in [0.25, 0.3) is 0 Å². The van der Waals surface area contributed by atoms with E-state index in [2.05, 4.69) is 13.8 Å². The van der Waals surface area contributed by atoms with Crippen LogP contribution in [0.5, 0.6) is 0 Å². The molecule has 0 unspecified atom stereocenters. The van der Waals surface area contributed by atoms with Gasteiger partial charge in [-0.2, -0.15) is 0 Å². The van der Waals surface area contributed by atoms with E-state index in [0.29, 0.717) is 0 Å². The summed E-state index contributed by atoms with van der Waals surface area (Å²) in [5, 5.41) is 0. The average molecular weight is 347 g/mol. The summed E-state index contributed by atoms with van der Waals surface area (Å²) in [5.41, 5.74) is 0. The zero-order valence-electron chi connectivity index (χ0n) is 17.5. The van der Waals surface area contributed by atoms with Gasteiger partial charge in [0, 0.05) is 0 Å². The smallest absolute Gasteiger partial charge is 0.0386 e. The first-order valence-electron chi connectivity index (χ1n) is 12.3. The molecule has 0 atom stereocenters. The lowest BCUT2D eigenvalue weighted by Gasteiger charge is -2.41. The highest BCUT2D eigenvalue weighted by molar-refractivity contribution is 4.85. The van der Waals surface area contributed by atoms with Gasteiger partial charge in [0.2, 0.25) is 0 Å². The number of hydrogen-bond acceptors (Lipinski definition) is 0. The molecule has 0 aromatic rings. The lowest BCUT2D eigenvalue weighted by atomic mass is 9.65. The molecule has 3 aliphatic carbocycles. The fourth-order valence-corrected chi connectivity index (χ4v) is 6.65. The van der Waals surface area contributed by atoms with E-state index in [0.717, 1.165) is 35.5 Å². The van der Waals surface area contributed by atoms with Crippen LogP contribution in [0.25, 0.3) is 0 Å². The Morgan fingerprint density at radius 1 is 0.520 bits per heavy atom. The van der Waals surface area contributed by atoms with Crippen LogP contribution >= 0.6 is 0 Å². The van der Waals surface area contributed by atoms with Gasteiger partial charge >= 0.3 is 0 Å². The highest BCUT2D eigenvalue weighted by atomic mass is 14.4. The van der Waals surface area contributed by atoms with Crippen LogP contribution < -0.4 is 0 Å². The predicted molar refractivity (Wildman–Crippen MR) is 111 cm³/mol. The Hall–Kier alpha value is 0. The van der Waals surface area contributed by atoms with Gasteiger partial charge in [0.05, 0.1) is 0 Å². The standard InChI is InChI=1S/C25H46/c1-3-4-5-6-7-21-10-14-23(15-11-21)25-18-16-24(17-19-25)22-12-8-20(2)9-13-22/h20-25H,3-19H2,1-2H3. The number of rotatable bonds is 7. The summed E-state index contributed by atoms with van der Waals surface area (Å²) in [6, 6.07) is 0. The Morgan fingerprint density at radius 3 is 1.44 bits per heavy atom. The van der Waals surface area contributed by atoms with E-state index >= 15 is 0 Å². The molecule has 3 aliphatic rings. The molecular formula is C25H46. The van der Waals surface area contributed by atoms with Gasteiger partial charge in [-0.05, 0) is 86.9 Å². The van der Waals surface area contributed by atoms with Crippen LogP contribution in [0.15, 0.2) is 0 Å². The molecule has 0 amide bonds. The lowest BCUT2D eigenvalue weighted by Crippen LogP contribution is -2.29. The van der Waals surface area contributed by atoms with Crippen LogP contribution in [0.1, 0.15) is 123 Å². The average Bonchev–Trinajstić information content (AvgIpc) is 2.67. The van der Waals surface area contributed by atoms with E-state index in [9.17, 15) is 0 Å². The molecule has 0 bridgehead atoms. The van der Waals surface area contributed by atoms with Gasteiger partial charge < -0.3 is 0 Å². The SMILES string of the molecule is CCCCCCC1CCC(C2CCC(C3CCC(C)CC3)CC2)CC1. The quantitative estimate of drug-likeness (QED) is 0.406. The van der Waals surface area contributed by atoms with Crippen molar-refractivity contribution in [3.8, 4) is 0 Å². The molecule has 0 aromatic heterocycles. The summed E-state index contributed by atoms with van der Waals surface area (Å²) in [5.74, 6) is 6.55. The van der Waals surface area contributed by atoms with Crippen LogP contribution in [0.3, 0.4) is 0 Å². The predicted octanol–water partition coefficient (Wildman–Crippen LogP) is 8.40.